The summed E-state index contributed by atoms with van der Waals surface area (Å²) >= 11 is 0. The average Bonchev–Trinajstić information content (AvgIpc) is 2.85. The van der Waals surface area contributed by atoms with Crippen molar-refractivity contribution in [1.29, 1.82) is 0 Å². The van der Waals surface area contributed by atoms with E-state index >= 15 is 0 Å². The highest BCUT2D eigenvalue weighted by Gasteiger charge is 2.26. The summed E-state index contributed by atoms with van der Waals surface area (Å²) in [6.45, 7) is 1.58. The molecule has 4 rings (SSSR count). The Morgan fingerprint density at radius 1 is 0.879 bits per heavy atom. The number of carbonyl (C=O) groups is 1. The molecule has 1 heterocycles. The first kappa shape index (κ1) is 23.0. The van der Waals surface area contributed by atoms with Crippen LogP contribution in [0.2, 0.25) is 0 Å². The van der Waals surface area contributed by atoms with E-state index in [4.69, 9.17) is 4.74 Å². The standard InChI is InChI=1S/C25H27N3O4S/c29-25(19-26-24-9-5-4-8-21(24)18-20-6-2-1-3-7-20)27-22-10-12-23(13-11-22)33(30,31)28-14-16-32-17-15-28/h1-13,26H,14-19H2,(H,27,29). The maximum atomic E-state index is 12.7. The predicted molar refractivity (Wildman–Crippen MR) is 129 cm³/mol. The molecule has 3 aromatic rings. The molecule has 172 valence electrons. The zero-order valence-corrected chi connectivity index (χ0v) is 19.1. The fraction of sp³-hybridized carbons (Fsp3) is 0.240. The fourth-order valence-corrected chi connectivity index (χ4v) is 5.10. The van der Waals surface area contributed by atoms with Crippen LogP contribution in [0, 0.1) is 0 Å². The minimum absolute atomic E-state index is 0.0969. The number of nitrogens with zero attached hydrogens (tertiary/aromatic N) is 1. The Kier molecular flexibility index (Phi) is 7.39. The molecule has 0 aromatic heterocycles. The van der Waals surface area contributed by atoms with E-state index in [-0.39, 0.29) is 17.3 Å². The number of anilines is 2. The number of ether oxygens (including phenoxy) is 1. The summed E-state index contributed by atoms with van der Waals surface area (Å²) in [5.41, 5.74) is 3.75. The van der Waals surface area contributed by atoms with Crippen LogP contribution >= 0.6 is 0 Å². The number of sulfonamides is 1. The number of nitrogens with one attached hydrogen (secondary N) is 2. The number of rotatable bonds is 8. The quantitative estimate of drug-likeness (QED) is 0.533. The van der Waals surface area contributed by atoms with Gasteiger partial charge in [-0.25, -0.2) is 8.42 Å². The number of morpholine rings is 1. The highest BCUT2D eigenvalue weighted by Crippen LogP contribution is 2.21. The maximum Gasteiger partial charge on any atom is 0.243 e. The van der Waals surface area contributed by atoms with E-state index in [0.717, 1.165) is 17.7 Å². The first-order valence-electron chi connectivity index (χ1n) is 10.9. The molecule has 0 atom stereocenters. The van der Waals surface area contributed by atoms with E-state index in [1.165, 1.54) is 22.0 Å². The van der Waals surface area contributed by atoms with E-state index in [2.05, 4.69) is 22.8 Å². The van der Waals surface area contributed by atoms with Gasteiger partial charge in [-0.15, -0.1) is 0 Å². The third kappa shape index (κ3) is 5.98. The predicted octanol–water partition coefficient (Wildman–Crippen LogP) is 3.35. The van der Waals surface area contributed by atoms with Crippen molar-refractivity contribution in [2.24, 2.45) is 0 Å². The van der Waals surface area contributed by atoms with Crippen LogP contribution in [-0.4, -0.2) is 51.5 Å². The first-order valence-corrected chi connectivity index (χ1v) is 12.3. The molecular weight excluding hydrogens is 438 g/mol. The second-order valence-electron chi connectivity index (χ2n) is 7.76. The van der Waals surface area contributed by atoms with Gasteiger partial charge in [-0.3, -0.25) is 4.79 Å². The molecule has 0 saturated carbocycles. The minimum atomic E-state index is -3.56. The topological polar surface area (TPSA) is 87.7 Å². The first-order chi connectivity index (χ1) is 16.0. The zero-order chi connectivity index (χ0) is 23.1. The van der Waals surface area contributed by atoms with E-state index in [1.807, 2.05) is 42.5 Å². The Morgan fingerprint density at radius 2 is 1.55 bits per heavy atom. The van der Waals surface area contributed by atoms with Crippen LogP contribution in [0.4, 0.5) is 11.4 Å². The van der Waals surface area contributed by atoms with E-state index < -0.39 is 10.0 Å². The van der Waals surface area contributed by atoms with Gasteiger partial charge in [-0.05, 0) is 47.9 Å². The molecule has 1 saturated heterocycles. The van der Waals surface area contributed by atoms with Crippen LogP contribution in [0.15, 0.2) is 83.8 Å². The largest absolute Gasteiger partial charge is 0.379 e. The molecule has 0 aliphatic carbocycles. The number of hydrogen-bond acceptors (Lipinski definition) is 5. The molecule has 2 N–H and O–H groups in total. The van der Waals surface area contributed by atoms with Gasteiger partial charge in [-0.2, -0.15) is 4.31 Å². The number of para-hydroxylation sites is 1. The van der Waals surface area contributed by atoms with Crippen molar-refractivity contribution in [2.75, 3.05) is 43.5 Å². The number of amides is 1. The van der Waals surface area contributed by atoms with Gasteiger partial charge in [0.25, 0.3) is 0 Å². The molecule has 1 amide bonds. The van der Waals surface area contributed by atoms with Crippen LogP contribution in [-0.2, 0) is 26.0 Å². The van der Waals surface area contributed by atoms with Gasteiger partial charge in [0.2, 0.25) is 15.9 Å². The molecule has 7 nitrogen and oxygen atoms in total. The highest BCUT2D eigenvalue weighted by molar-refractivity contribution is 7.89. The van der Waals surface area contributed by atoms with Gasteiger partial charge in [-0.1, -0.05) is 48.5 Å². The second-order valence-corrected chi connectivity index (χ2v) is 9.70. The minimum Gasteiger partial charge on any atom is -0.379 e. The Balaban J connectivity index is 1.34. The lowest BCUT2D eigenvalue weighted by atomic mass is 10.0. The lowest BCUT2D eigenvalue weighted by Gasteiger charge is -2.26. The number of benzene rings is 3. The maximum absolute atomic E-state index is 12.7. The van der Waals surface area contributed by atoms with Gasteiger partial charge >= 0.3 is 0 Å². The molecule has 0 radical (unpaired) electrons. The summed E-state index contributed by atoms with van der Waals surface area (Å²) in [6.07, 6.45) is 0.769. The van der Waals surface area contributed by atoms with Crippen molar-refractivity contribution < 1.29 is 17.9 Å². The monoisotopic (exact) mass is 465 g/mol. The van der Waals surface area contributed by atoms with Crippen molar-refractivity contribution in [1.82, 2.24) is 4.31 Å². The molecule has 8 heteroatoms. The molecule has 1 fully saturated rings. The van der Waals surface area contributed by atoms with Gasteiger partial charge in [0.05, 0.1) is 24.7 Å². The summed E-state index contributed by atoms with van der Waals surface area (Å²) in [5.74, 6) is -0.215. The summed E-state index contributed by atoms with van der Waals surface area (Å²) in [6, 6.07) is 24.3. The SMILES string of the molecule is O=C(CNc1ccccc1Cc1ccccc1)Nc1ccc(S(=O)(=O)N2CCOCC2)cc1. The van der Waals surface area contributed by atoms with Gasteiger partial charge in [0.1, 0.15) is 0 Å². The summed E-state index contributed by atoms with van der Waals surface area (Å²) < 4.78 is 32.1. The third-order valence-corrected chi connectivity index (χ3v) is 7.35. The van der Waals surface area contributed by atoms with Crippen LogP contribution in [0.25, 0.3) is 0 Å². The van der Waals surface area contributed by atoms with Crippen LogP contribution < -0.4 is 10.6 Å². The molecule has 0 unspecified atom stereocenters. The Labute approximate surface area is 194 Å². The lowest BCUT2D eigenvalue weighted by molar-refractivity contribution is -0.114. The summed E-state index contributed by atoms with van der Waals surface area (Å²) in [5, 5.41) is 6.02. The van der Waals surface area contributed by atoms with Crippen molar-refractivity contribution in [2.45, 2.75) is 11.3 Å². The second kappa shape index (κ2) is 10.6. The van der Waals surface area contributed by atoms with Gasteiger partial charge < -0.3 is 15.4 Å². The van der Waals surface area contributed by atoms with Gasteiger partial charge in [0, 0.05) is 24.5 Å². The molecule has 3 aromatic carbocycles. The molecule has 1 aliphatic rings. The van der Waals surface area contributed by atoms with Crippen LogP contribution in [0.1, 0.15) is 11.1 Å². The number of carbonyl (C=O) groups excluding carboxylic acids is 1. The number of hydrogen-bond donors (Lipinski definition) is 2. The van der Waals surface area contributed by atoms with Crippen molar-refractivity contribution >= 4 is 27.3 Å². The summed E-state index contributed by atoms with van der Waals surface area (Å²) in [7, 11) is -3.56. The molecule has 0 bridgehead atoms. The molecule has 0 spiro atoms. The smallest absolute Gasteiger partial charge is 0.243 e. The normalized spacial score (nSPS) is 14.5. The van der Waals surface area contributed by atoms with Crippen LogP contribution in [0.3, 0.4) is 0 Å². The molecule has 33 heavy (non-hydrogen) atoms. The highest BCUT2D eigenvalue weighted by atomic mass is 32.2. The van der Waals surface area contributed by atoms with Crippen molar-refractivity contribution in [3.63, 3.8) is 0 Å². The Morgan fingerprint density at radius 3 is 2.27 bits per heavy atom. The zero-order valence-electron chi connectivity index (χ0n) is 18.2. The third-order valence-electron chi connectivity index (χ3n) is 5.44. The van der Waals surface area contributed by atoms with E-state index in [9.17, 15) is 13.2 Å². The van der Waals surface area contributed by atoms with Crippen molar-refractivity contribution in [3.8, 4) is 0 Å². The van der Waals surface area contributed by atoms with E-state index in [1.54, 1.807) is 12.1 Å². The van der Waals surface area contributed by atoms with E-state index in [0.29, 0.717) is 32.0 Å². The average molecular weight is 466 g/mol. The molecule has 1 aliphatic heterocycles. The Hall–Kier alpha value is -3.20. The van der Waals surface area contributed by atoms with Crippen LogP contribution in [0.5, 0.6) is 0 Å². The van der Waals surface area contributed by atoms with Gasteiger partial charge in [0.15, 0.2) is 0 Å². The van der Waals surface area contributed by atoms with Crippen molar-refractivity contribution in [3.05, 3.63) is 90.0 Å². The fourth-order valence-electron chi connectivity index (χ4n) is 3.69. The lowest BCUT2D eigenvalue weighted by Crippen LogP contribution is -2.40. The molecular formula is C25H27N3O4S. The summed E-state index contributed by atoms with van der Waals surface area (Å²) in [4.78, 5) is 12.7. The Bertz CT molecular complexity index is 1180.